The molecule has 1 amide bonds. The van der Waals surface area contributed by atoms with Crippen LogP contribution >= 0.6 is 11.8 Å². The maximum atomic E-state index is 12.4. The molecule has 0 radical (unpaired) electrons. The molecule has 3 rings (SSSR count). The van der Waals surface area contributed by atoms with Gasteiger partial charge in [-0.25, -0.2) is 4.79 Å². The quantitative estimate of drug-likeness (QED) is 0.338. The summed E-state index contributed by atoms with van der Waals surface area (Å²) in [5.74, 6) is 0.575. The van der Waals surface area contributed by atoms with Gasteiger partial charge >= 0.3 is 5.97 Å². The van der Waals surface area contributed by atoms with E-state index in [9.17, 15) is 14.7 Å². The monoisotopic (exact) mass is 462 g/mol. The third kappa shape index (κ3) is 7.46. The average molecular weight is 463 g/mol. The van der Waals surface area contributed by atoms with Crippen LogP contribution in [0.4, 0.5) is 5.69 Å². The van der Waals surface area contributed by atoms with E-state index in [2.05, 4.69) is 48.4 Å². The Kier molecular flexibility index (Phi) is 9.07. The minimum atomic E-state index is -1.07. The topological polar surface area (TPSA) is 79.3 Å². The summed E-state index contributed by atoms with van der Waals surface area (Å²) in [5, 5.41) is 11.9. The van der Waals surface area contributed by atoms with Crippen LogP contribution in [0.3, 0.4) is 0 Å². The molecule has 0 saturated carbocycles. The van der Waals surface area contributed by atoms with Gasteiger partial charge in [0.15, 0.2) is 0 Å². The third-order valence-electron chi connectivity index (χ3n) is 5.63. The summed E-state index contributed by atoms with van der Waals surface area (Å²) >= 11 is 1.92. The summed E-state index contributed by atoms with van der Waals surface area (Å²) < 4.78 is 0. The summed E-state index contributed by atoms with van der Waals surface area (Å²) in [6.45, 7) is 4.50. The molecule has 5 nitrogen and oxygen atoms in total. The van der Waals surface area contributed by atoms with Crippen LogP contribution in [-0.2, 0) is 17.6 Å². The van der Waals surface area contributed by atoms with Crippen molar-refractivity contribution in [3.8, 4) is 0 Å². The van der Waals surface area contributed by atoms with Crippen LogP contribution in [-0.4, -0.2) is 27.7 Å². The predicted octanol–water partition coefficient (Wildman–Crippen LogP) is 6.08. The fourth-order valence-electron chi connectivity index (χ4n) is 3.47. The Morgan fingerprint density at radius 1 is 0.970 bits per heavy atom. The number of pyridine rings is 1. The largest absolute Gasteiger partial charge is 0.478 e. The molecule has 6 heteroatoms. The van der Waals surface area contributed by atoms with Crippen molar-refractivity contribution in [3.63, 3.8) is 0 Å². The molecule has 1 aromatic heterocycles. The van der Waals surface area contributed by atoms with Crippen molar-refractivity contribution in [2.24, 2.45) is 5.92 Å². The first-order valence-corrected chi connectivity index (χ1v) is 12.2. The van der Waals surface area contributed by atoms with Crippen LogP contribution < -0.4 is 5.32 Å². The van der Waals surface area contributed by atoms with E-state index < -0.39 is 5.97 Å². The molecule has 0 unspecified atom stereocenters. The second-order valence-electron chi connectivity index (χ2n) is 8.05. The first-order chi connectivity index (χ1) is 16.0. The Labute approximate surface area is 199 Å². The molecule has 0 atom stereocenters. The van der Waals surface area contributed by atoms with Gasteiger partial charge in [-0.15, -0.1) is 11.8 Å². The fraction of sp³-hybridized carbons (Fsp3) is 0.296. The van der Waals surface area contributed by atoms with E-state index in [0.29, 0.717) is 5.69 Å². The number of nitrogens with one attached hydrogen (secondary N) is 1. The summed E-state index contributed by atoms with van der Waals surface area (Å²) in [5.41, 5.74) is 3.27. The second-order valence-corrected chi connectivity index (χ2v) is 9.14. The molecule has 1 heterocycles. The first-order valence-electron chi connectivity index (χ1n) is 11.3. The second kappa shape index (κ2) is 12.2. The van der Waals surface area contributed by atoms with Crippen LogP contribution in [0.15, 0.2) is 71.8 Å². The van der Waals surface area contributed by atoms with Gasteiger partial charge in [0.1, 0.15) is 0 Å². The van der Waals surface area contributed by atoms with Gasteiger partial charge < -0.3 is 10.4 Å². The highest BCUT2D eigenvalue weighted by atomic mass is 32.2. The van der Waals surface area contributed by atoms with E-state index in [-0.39, 0.29) is 17.9 Å². The molecule has 3 aromatic rings. The number of amides is 1. The highest BCUT2D eigenvalue weighted by Gasteiger charge is 2.12. The van der Waals surface area contributed by atoms with Crippen molar-refractivity contribution in [3.05, 3.63) is 89.2 Å². The number of carboxylic acids is 1. The summed E-state index contributed by atoms with van der Waals surface area (Å²) in [7, 11) is 0. The van der Waals surface area contributed by atoms with Crippen molar-refractivity contribution < 1.29 is 14.7 Å². The van der Waals surface area contributed by atoms with E-state index in [4.69, 9.17) is 0 Å². The van der Waals surface area contributed by atoms with Gasteiger partial charge in [0.2, 0.25) is 5.91 Å². The number of benzene rings is 2. The Hall–Kier alpha value is -3.12. The maximum Gasteiger partial charge on any atom is 0.337 e. The number of aromatic nitrogens is 1. The molecule has 2 N–H and O–H groups in total. The van der Waals surface area contributed by atoms with Gasteiger partial charge in [0, 0.05) is 29.0 Å². The highest BCUT2D eigenvalue weighted by Crippen LogP contribution is 2.24. The predicted molar refractivity (Wildman–Crippen MR) is 134 cm³/mol. The van der Waals surface area contributed by atoms with Crippen molar-refractivity contribution >= 4 is 29.3 Å². The van der Waals surface area contributed by atoms with Crippen molar-refractivity contribution in [2.75, 3.05) is 11.1 Å². The number of para-hydroxylation sites is 1. The Balaban J connectivity index is 1.53. The summed E-state index contributed by atoms with van der Waals surface area (Å²) in [4.78, 5) is 29.5. The zero-order valence-corrected chi connectivity index (χ0v) is 19.9. The molecule has 0 fully saturated rings. The maximum absolute atomic E-state index is 12.4. The Morgan fingerprint density at radius 2 is 1.67 bits per heavy atom. The SMILES string of the molecule is CCC(CC)CSc1ccc(Cc2ccc(CC(=O)Nc3ccccc3C(=O)O)cn2)cc1. The minimum Gasteiger partial charge on any atom is -0.478 e. The van der Waals surface area contributed by atoms with Crippen molar-refractivity contribution in [2.45, 2.75) is 44.4 Å². The van der Waals surface area contributed by atoms with E-state index in [1.807, 2.05) is 23.9 Å². The minimum absolute atomic E-state index is 0.0688. The number of carbonyl (C=O) groups excluding carboxylic acids is 1. The van der Waals surface area contributed by atoms with Gasteiger partial charge in [0.05, 0.1) is 17.7 Å². The number of carboxylic acid groups (broad SMARTS) is 1. The summed E-state index contributed by atoms with van der Waals surface area (Å²) in [6.07, 6.45) is 5.01. The van der Waals surface area contributed by atoms with E-state index in [1.54, 1.807) is 24.4 Å². The number of carbonyl (C=O) groups is 2. The highest BCUT2D eigenvalue weighted by molar-refractivity contribution is 7.99. The molecule has 2 aromatic carbocycles. The molecule has 0 aliphatic rings. The van der Waals surface area contributed by atoms with E-state index in [0.717, 1.165) is 29.3 Å². The lowest BCUT2D eigenvalue weighted by atomic mass is 10.1. The Bertz CT molecular complexity index is 1060. The number of aromatic carboxylic acids is 1. The average Bonchev–Trinajstić information content (AvgIpc) is 2.82. The van der Waals surface area contributed by atoms with Crippen molar-refractivity contribution in [1.82, 2.24) is 4.98 Å². The summed E-state index contributed by atoms with van der Waals surface area (Å²) in [6, 6.07) is 18.8. The van der Waals surface area contributed by atoms with Crippen LogP contribution in [0.25, 0.3) is 0 Å². The van der Waals surface area contributed by atoms with Gasteiger partial charge in [-0.05, 0) is 47.4 Å². The molecule has 0 spiro atoms. The first kappa shape index (κ1) is 24.5. The number of hydrogen-bond donors (Lipinski definition) is 2. The van der Waals surface area contributed by atoms with E-state index in [1.165, 1.54) is 29.4 Å². The molecular weight excluding hydrogens is 432 g/mol. The number of nitrogens with zero attached hydrogens (tertiary/aromatic N) is 1. The normalized spacial score (nSPS) is 10.9. The smallest absolute Gasteiger partial charge is 0.337 e. The van der Waals surface area contributed by atoms with Gasteiger partial charge in [-0.1, -0.05) is 57.0 Å². The Morgan fingerprint density at radius 3 is 2.30 bits per heavy atom. The third-order valence-corrected chi connectivity index (χ3v) is 6.87. The number of thioether (sulfide) groups is 1. The van der Waals surface area contributed by atoms with Crippen molar-refractivity contribution in [1.29, 1.82) is 0 Å². The number of hydrogen-bond acceptors (Lipinski definition) is 4. The lowest BCUT2D eigenvalue weighted by Gasteiger charge is -2.11. The number of rotatable bonds is 11. The lowest BCUT2D eigenvalue weighted by molar-refractivity contribution is -0.115. The zero-order chi connectivity index (χ0) is 23.6. The zero-order valence-electron chi connectivity index (χ0n) is 19.1. The molecule has 0 saturated heterocycles. The molecule has 33 heavy (non-hydrogen) atoms. The van der Waals surface area contributed by atoms with Crippen LogP contribution in [0.5, 0.6) is 0 Å². The van der Waals surface area contributed by atoms with E-state index >= 15 is 0 Å². The molecule has 0 aliphatic heterocycles. The van der Waals surface area contributed by atoms with Gasteiger partial charge in [0.25, 0.3) is 0 Å². The molecule has 0 bridgehead atoms. The van der Waals surface area contributed by atoms with Gasteiger partial charge in [-0.3, -0.25) is 9.78 Å². The standard InChI is InChI=1S/C27H30N2O3S/c1-3-19(4-2)18-33-23-13-10-20(11-14-23)15-22-12-9-21(17-28-22)16-26(30)29-25-8-6-5-7-24(25)27(31)32/h5-14,17,19H,3-4,15-16,18H2,1-2H3,(H,29,30)(H,31,32). The molecule has 0 aliphatic carbocycles. The lowest BCUT2D eigenvalue weighted by Crippen LogP contribution is -2.17. The van der Waals surface area contributed by atoms with Crippen LogP contribution in [0.1, 0.15) is 53.9 Å². The fourth-order valence-corrected chi connectivity index (χ4v) is 4.70. The van der Waals surface area contributed by atoms with Gasteiger partial charge in [-0.2, -0.15) is 0 Å². The molecule has 172 valence electrons. The van der Waals surface area contributed by atoms with Crippen LogP contribution in [0, 0.1) is 5.92 Å². The van der Waals surface area contributed by atoms with Crippen LogP contribution in [0.2, 0.25) is 0 Å². The molecular formula is C27H30N2O3S. The number of anilines is 1.